The molecule has 11 heavy (non-hydrogen) atoms. The summed E-state index contributed by atoms with van der Waals surface area (Å²) in [5.74, 6) is 0. The third-order valence-corrected chi connectivity index (χ3v) is 2.29. The summed E-state index contributed by atoms with van der Waals surface area (Å²) in [4.78, 5) is 0. The molecule has 0 heterocycles. The fraction of sp³-hybridized carbons (Fsp3) is 0.800. The molecule has 1 N–H and O–H groups in total. The maximum atomic E-state index is 8.54. The lowest BCUT2D eigenvalue weighted by molar-refractivity contribution is 0.283. The largest absolute Gasteiger partial charge is 0.396 e. The number of hydrogen-bond donors (Lipinski definition) is 1. The molecule has 1 aliphatic rings. The van der Waals surface area contributed by atoms with Crippen LogP contribution in [-0.2, 0) is 0 Å². The minimum absolute atomic E-state index is 0.360. The van der Waals surface area contributed by atoms with E-state index >= 15 is 0 Å². The predicted octanol–water partition coefficient (Wildman–Crippen LogP) is 2.65. The zero-order valence-corrected chi connectivity index (χ0v) is 7.18. The highest BCUT2D eigenvalue weighted by Crippen LogP contribution is 2.22. The van der Waals surface area contributed by atoms with Crippen LogP contribution < -0.4 is 0 Å². The van der Waals surface area contributed by atoms with Gasteiger partial charge in [-0.15, -0.1) is 0 Å². The van der Waals surface area contributed by atoms with Gasteiger partial charge < -0.3 is 5.11 Å². The lowest BCUT2D eigenvalue weighted by Gasteiger charge is -1.99. The van der Waals surface area contributed by atoms with Gasteiger partial charge in [0.05, 0.1) is 0 Å². The Balaban J connectivity index is 1.94. The van der Waals surface area contributed by atoms with Crippen molar-refractivity contribution in [3.63, 3.8) is 0 Å². The summed E-state index contributed by atoms with van der Waals surface area (Å²) >= 11 is 0. The van der Waals surface area contributed by atoms with Crippen LogP contribution in [0.15, 0.2) is 11.6 Å². The summed E-state index contributed by atoms with van der Waals surface area (Å²) in [6, 6.07) is 0. The van der Waals surface area contributed by atoms with Gasteiger partial charge in [0.15, 0.2) is 0 Å². The Morgan fingerprint density at radius 1 is 1.27 bits per heavy atom. The minimum Gasteiger partial charge on any atom is -0.396 e. The highest BCUT2D eigenvalue weighted by molar-refractivity contribution is 5.06. The molecule has 1 rings (SSSR count). The number of aliphatic hydroxyl groups excluding tert-OH is 1. The van der Waals surface area contributed by atoms with Crippen LogP contribution in [0.4, 0.5) is 0 Å². The van der Waals surface area contributed by atoms with Crippen LogP contribution >= 0.6 is 0 Å². The highest BCUT2D eigenvalue weighted by Gasteiger charge is 2.02. The van der Waals surface area contributed by atoms with Gasteiger partial charge in [-0.3, -0.25) is 0 Å². The molecule has 0 spiro atoms. The summed E-state index contributed by atoms with van der Waals surface area (Å²) in [6.07, 6.45) is 11.1. The van der Waals surface area contributed by atoms with Crippen molar-refractivity contribution < 1.29 is 5.11 Å². The maximum Gasteiger partial charge on any atom is 0.0431 e. The quantitative estimate of drug-likeness (QED) is 0.477. The minimum atomic E-state index is 0.360. The first kappa shape index (κ1) is 8.79. The van der Waals surface area contributed by atoms with Gasteiger partial charge in [0.2, 0.25) is 0 Å². The molecule has 0 aromatic heterocycles. The third kappa shape index (κ3) is 3.57. The van der Waals surface area contributed by atoms with Crippen molar-refractivity contribution in [3.05, 3.63) is 11.6 Å². The van der Waals surface area contributed by atoms with Gasteiger partial charge in [-0.1, -0.05) is 18.1 Å². The normalized spacial score (nSPS) is 17.0. The van der Waals surface area contributed by atoms with Gasteiger partial charge in [-0.25, -0.2) is 0 Å². The van der Waals surface area contributed by atoms with Crippen molar-refractivity contribution in [3.8, 4) is 0 Å². The molecule has 0 saturated carbocycles. The molecule has 0 amide bonds. The number of hydrogen-bond acceptors (Lipinski definition) is 1. The van der Waals surface area contributed by atoms with E-state index in [9.17, 15) is 0 Å². The molecule has 0 aromatic rings. The van der Waals surface area contributed by atoms with Crippen LogP contribution in [0.25, 0.3) is 0 Å². The van der Waals surface area contributed by atoms with E-state index in [0.717, 1.165) is 6.42 Å². The summed E-state index contributed by atoms with van der Waals surface area (Å²) < 4.78 is 0. The Kier molecular flexibility index (Phi) is 4.29. The molecule has 0 aliphatic heterocycles. The zero-order valence-electron chi connectivity index (χ0n) is 7.18. The van der Waals surface area contributed by atoms with Crippen LogP contribution in [0, 0.1) is 0 Å². The lowest BCUT2D eigenvalue weighted by atomic mass is 10.1. The van der Waals surface area contributed by atoms with Crippen molar-refractivity contribution in [2.45, 2.75) is 44.9 Å². The average molecular weight is 154 g/mol. The number of aliphatic hydroxyl groups is 1. The van der Waals surface area contributed by atoms with Crippen molar-refractivity contribution in [2.75, 3.05) is 6.61 Å². The molecule has 1 heteroatoms. The van der Waals surface area contributed by atoms with Gasteiger partial charge in [0.1, 0.15) is 0 Å². The molecular weight excluding hydrogens is 136 g/mol. The second kappa shape index (κ2) is 5.36. The standard InChI is InChI=1S/C10H18O/c11-9-5-1-2-6-10-7-3-4-8-10/h7,11H,1-6,8-9H2. The zero-order chi connectivity index (χ0) is 7.94. The smallest absolute Gasteiger partial charge is 0.0431 e. The summed E-state index contributed by atoms with van der Waals surface area (Å²) in [7, 11) is 0. The van der Waals surface area contributed by atoms with E-state index in [1.54, 1.807) is 5.57 Å². The molecule has 0 radical (unpaired) electrons. The highest BCUT2D eigenvalue weighted by atomic mass is 16.2. The van der Waals surface area contributed by atoms with Gasteiger partial charge in [-0.05, 0) is 38.5 Å². The fourth-order valence-corrected chi connectivity index (χ4v) is 1.61. The Labute approximate surface area is 69.1 Å². The molecule has 0 bridgehead atoms. The number of rotatable bonds is 5. The first-order valence-electron chi connectivity index (χ1n) is 4.72. The van der Waals surface area contributed by atoms with Gasteiger partial charge >= 0.3 is 0 Å². The Hall–Kier alpha value is -0.300. The van der Waals surface area contributed by atoms with E-state index in [-0.39, 0.29) is 0 Å². The molecule has 0 atom stereocenters. The van der Waals surface area contributed by atoms with Crippen LogP contribution in [-0.4, -0.2) is 11.7 Å². The first-order chi connectivity index (χ1) is 5.43. The molecule has 0 unspecified atom stereocenters. The number of unbranched alkanes of at least 4 members (excludes halogenated alkanes) is 2. The van der Waals surface area contributed by atoms with Crippen LogP contribution in [0.3, 0.4) is 0 Å². The van der Waals surface area contributed by atoms with Crippen molar-refractivity contribution in [1.29, 1.82) is 0 Å². The summed E-state index contributed by atoms with van der Waals surface area (Å²) in [6.45, 7) is 0.360. The summed E-state index contributed by atoms with van der Waals surface area (Å²) in [5.41, 5.74) is 1.66. The van der Waals surface area contributed by atoms with E-state index < -0.39 is 0 Å². The van der Waals surface area contributed by atoms with E-state index in [1.165, 1.54) is 38.5 Å². The molecule has 64 valence electrons. The second-order valence-corrected chi connectivity index (χ2v) is 3.29. The van der Waals surface area contributed by atoms with Crippen LogP contribution in [0.5, 0.6) is 0 Å². The van der Waals surface area contributed by atoms with Gasteiger partial charge in [0, 0.05) is 6.61 Å². The van der Waals surface area contributed by atoms with Crippen molar-refractivity contribution in [2.24, 2.45) is 0 Å². The average Bonchev–Trinajstić information content (AvgIpc) is 2.50. The molecule has 1 nitrogen and oxygen atoms in total. The predicted molar refractivity (Wildman–Crippen MR) is 47.5 cm³/mol. The molecule has 0 saturated heterocycles. The fourth-order valence-electron chi connectivity index (χ4n) is 1.61. The number of allylic oxidation sites excluding steroid dienone is 2. The Bertz CT molecular complexity index is 127. The van der Waals surface area contributed by atoms with Crippen molar-refractivity contribution in [1.82, 2.24) is 0 Å². The molecule has 0 fully saturated rings. The van der Waals surface area contributed by atoms with Gasteiger partial charge in [-0.2, -0.15) is 0 Å². The maximum absolute atomic E-state index is 8.54. The van der Waals surface area contributed by atoms with E-state index in [2.05, 4.69) is 6.08 Å². The van der Waals surface area contributed by atoms with E-state index in [0.29, 0.717) is 6.61 Å². The molecule has 1 aliphatic carbocycles. The first-order valence-corrected chi connectivity index (χ1v) is 4.72. The Morgan fingerprint density at radius 3 is 2.82 bits per heavy atom. The second-order valence-electron chi connectivity index (χ2n) is 3.29. The lowest BCUT2D eigenvalue weighted by Crippen LogP contribution is -1.84. The van der Waals surface area contributed by atoms with E-state index in [1.807, 2.05) is 0 Å². The van der Waals surface area contributed by atoms with Crippen molar-refractivity contribution >= 4 is 0 Å². The SMILES string of the molecule is OCCCCCC1=CCCC1. The Morgan fingerprint density at radius 2 is 2.18 bits per heavy atom. The topological polar surface area (TPSA) is 20.2 Å². The van der Waals surface area contributed by atoms with Crippen LogP contribution in [0.2, 0.25) is 0 Å². The van der Waals surface area contributed by atoms with Gasteiger partial charge in [0.25, 0.3) is 0 Å². The van der Waals surface area contributed by atoms with E-state index in [4.69, 9.17) is 5.11 Å². The van der Waals surface area contributed by atoms with Crippen LogP contribution in [0.1, 0.15) is 44.9 Å². The molecule has 0 aromatic carbocycles. The summed E-state index contributed by atoms with van der Waals surface area (Å²) in [5, 5.41) is 8.54. The third-order valence-electron chi connectivity index (χ3n) is 2.29. The monoisotopic (exact) mass is 154 g/mol. The molecular formula is C10H18O.